The van der Waals surface area contributed by atoms with Gasteiger partial charge in [0.05, 0.1) is 0 Å². The topological polar surface area (TPSA) is 83.0 Å². The summed E-state index contributed by atoms with van der Waals surface area (Å²) in [5.41, 5.74) is 2.58. The summed E-state index contributed by atoms with van der Waals surface area (Å²) < 4.78 is 0. The molecule has 0 spiro atoms. The van der Waals surface area contributed by atoms with E-state index in [2.05, 4.69) is 43.8 Å². The van der Waals surface area contributed by atoms with E-state index in [0.29, 0.717) is 17.4 Å². The lowest BCUT2D eigenvalue weighted by atomic mass is 10.0. The van der Waals surface area contributed by atoms with Gasteiger partial charge in [0, 0.05) is 34.4 Å². The average molecular weight is 459 g/mol. The van der Waals surface area contributed by atoms with Crippen molar-refractivity contribution in [1.29, 1.82) is 0 Å². The fraction of sp³-hybridized carbons (Fsp3) is 0.280. The summed E-state index contributed by atoms with van der Waals surface area (Å²) in [5, 5.41) is 18.7. The molecular weight excluding hydrogens is 432 g/mol. The van der Waals surface area contributed by atoms with Crippen molar-refractivity contribution in [2.75, 3.05) is 30.8 Å². The van der Waals surface area contributed by atoms with Crippen molar-refractivity contribution in [3.8, 4) is 10.6 Å². The third kappa shape index (κ3) is 5.02. The van der Waals surface area contributed by atoms with Crippen LogP contribution in [0.1, 0.15) is 28.2 Å². The number of piperidine rings is 1. The fourth-order valence-corrected chi connectivity index (χ4v) is 4.77. The number of aromatic nitrogens is 3. The van der Waals surface area contributed by atoms with E-state index < -0.39 is 0 Å². The number of carbonyl (C=O) groups excluding carboxylic acids is 1. The lowest BCUT2D eigenvalue weighted by Gasteiger charge is -2.30. The first kappa shape index (κ1) is 21.5. The summed E-state index contributed by atoms with van der Waals surface area (Å²) in [6, 6.07) is 16.1. The molecule has 8 heteroatoms. The van der Waals surface area contributed by atoms with Crippen LogP contribution in [-0.4, -0.2) is 52.2 Å². The number of hydrogen-bond donors (Lipinski definition) is 2. The largest absolute Gasteiger partial charge is 0.382 e. The molecule has 2 aromatic heterocycles. The molecule has 0 bridgehead atoms. The molecule has 7 nitrogen and oxygen atoms in total. The molecule has 1 aliphatic rings. The molecule has 0 atom stereocenters. The number of nitrogens with zero attached hydrogens (tertiary/aromatic N) is 4. The van der Waals surface area contributed by atoms with Crippen LogP contribution in [0.4, 0.5) is 11.5 Å². The van der Waals surface area contributed by atoms with Crippen molar-refractivity contribution in [2.45, 2.75) is 25.8 Å². The van der Waals surface area contributed by atoms with Gasteiger partial charge in [-0.05, 0) is 75.6 Å². The predicted molar refractivity (Wildman–Crippen MR) is 134 cm³/mol. The number of amides is 1. The number of aryl methyl sites for hydroxylation is 1. The molecule has 2 aromatic carbocycles. The minimum Gasteiger partial charge on any atom is -0.382 e. The van der Waals surface area contributed by atoms with E-state index in [0.717, 1.165) is 58.0 Å². The second kappa shape index (κ2) is 9.25. The second-order valence-electron chi connectivity index (χ2n) is 8.51. The molecule has 4 aromatic rings. The maximum atomic E-state index is 12.9. The number of fused-ring (bicyclic) bond motifs is 1. The summed E-state index contributed by atoms with van der Waals surface area (Å²) in [7, 11) is 2.15. The first-order valence-electron chi connectivity index (χ1n) is 11.1. The van der Waals surface area contributed by atoms with Crippen LogP contribution < -0.4 is 10.6 Å². The smallest absolute Gasteiger partial charge is 0.256 e. The minimum absolute atomic E-state index is 0.176. The molecule has 1 saturated heterocycles. The molecule has 2 N–H and O–H groups in total. The normalized spacial score (nSPS) is 15.0. The second-order valence-corrected chi connectivity index (χ2v) is 9.70. The monoisotopic (exact) mass is 458 g/mol. The molecule has 168 valence electrons. The Morgan fingerprint density at radius 3 is 2.70 bits per heavy atom. The van der Waals surface area contributed by atoms with E-state index >= 15 is 0 Å². The third-order valence-electron chi connectivity index (χ3n) is 5.95. The van der Waals surface area contributed by atoms with Crippen LogP contribution in [0.25, 0.3) is 21.3 Å². The van der Waals surface area contributed by atoms with Crippen LogP contribution in [0.5, 0.6) is 0 Å². The highest BCUT2D eigenvalue weighted by Crippen LogP contribution is 2.27. The van der Waals surface area contributed by atoms with Gasteiger partial charge < -0.3 is 15.5 Å². The number of nitrogens with one attached hydrogen (secondary N) is 2. The molecule has 33 heavy (non-hydrogen) atoms. The van der Waals surface area contributed by atoms with Crippen LogP contribution in [0.2, 0.25) is 0 Å². The van der Waals surface area contributed by atoms with E-state index in [1.54, 1.807) is 17.5 Å². The fourth-order valence-electron chi connectivity index (χ4n) is 4.08. The lowest BCUT2D eigenvalue weighted by Crippen LogP contribution is -2.36. The molecule has 5 rings (SSSR count). The molecule has 1 aliphatic heterocycles. The number of anilines is 2. The van der Waals surface area contributed by atoms with Crippen molar-refractivity contribution in [3.63, 3.8) is 0 Å². The SMILES string of the molecule is Cc1nnc(-c2ccc3cnc(NC(=O)c4cccc(NC5CCN(C)CC5)c4)cc3c2)s1. The van der Waals surface area contributed by atoms with Gasteiger partial charge in [0.25, 0.3) is 5.91 Å². The van der Waals surface area contributed by atoms with Gasteiger partial charge >= 0.3 is 0 Å². The van der Waals surface area contributed by atoms with Crippen LogP contribution in [0.3, 0.4) is 0 Å². The van der Waals surface area contributed by atoms with Crippen molar-refractivity contribution in [1.82, 2.24) is 20.1 Å². The Labute approximate surface area is 196 Å². The highest BCUT2D eigenvalue weighted by molar-refractivity contribution is 7.14. The number of rotatable bonds is 5. The number of hydrogen-bond acceptors (Lipinski definition) is 7. The summed E-state index contributed by atoms with van der Waals surface area (Å²) >= 11 is 1.56. The van der Waals surface area contributed by atoms with Gasteiger partial charge in [0.15, 0.2) is 0 Å². The Balaban J connectivity index is 1.31. The highest BCUT2D eigenvalue weighted by Gasteiger charge is 2.17. The zero-order valence-electron chi connectivity index (χ0n) is 18.7. The van der Waals surface area contributed by atoms with Gasteiger partial charge in [0.2, 0.25) is 0 Å². The molecule has 1 amide bonds. The van der Waals surface area contributed by atoms with Crippen molar-refractivity contribution in [3.05, 3.63) is 65.3 Å². The standard InChI is InChI=1S/C25H26N6OS/c1-16-29-30-25(33-16)18-6-7-19-15-26-23(14-20(19)12-18)28-24(32)17-4-3-5-22(13-17)27-21-8-10-31(2)11-9-21/h3-7,12-15,21,27H,8-11H2,1-2H3,(H,26,28,32). The van der Waals surface area contributed by atoms with Gasteiger partial charge in [0.1, 0.15) is 15.8 Å². The highest BCUT2D eigenvalue weighted by atomic mass is 32.1. The molecule has 0 unspecified atom stereocenters. The van der Waals surface area contributed by atoms with Gasteiger partial charge in [-0.1, -0.05) is 29.5 Å². The summed E-state index contributed by atoms with van der Waals surface area (Å²) in [5.74, 6) is 0.344. The molecule has 0 saturated carbocycles. The Morgan fingerprint density at radius 2 is 1.91 bits per heavy atom. The third-order valence-corrected chi connectivity index (χ3v) is 6.84. The summed E-state index contributed by atoms with van der Waals surface area (Å²) in [6.45, 7) is 4.12. The van der Waals surface area contributed by atoms with Gasteiger partial charge in [-0.2, -0.15) is 0 Å². The molecule has 1 fully saturated rings. The molecule has 0 aliphatic carbocycles. The van der Waals surface area contributed by atoms with Crippen molar-refractivity contribution in [2.24, 2.45) is 0 Å². The zero-order chi connectivity index (χ0) is 22.8. The number of benzene rings is 2. The average Bonchev–Trinajstić information content (AvgIpc) is 3.26. The van der Waals surface area contributed by atoms with Gasteiger partial charge in [-0.3, -0.25) is 4.79 Å². The lowest BCUT2D eigenvalue weighted by molar-refractivity contribution is 0.102. The van der Waals surface area contributed by atoms with E-state index in [4.69, 9.17) is 0 Å². The zero-order valence-corrected chi connectivity index (χ0v) is 19.5. The van der Waals surface area contributed by atoms with E-state index in [1.165, 1.54) is 0 Å². The van der Waals surface area contributed by atoms with Crippen molar-refractivity contribution < 1.29 is 4.79 Å². The maximum absolute atomic E-state index is 12.9. The number of pyridine rings is 1. The van der Waals surface area contributed by atoms with Gasteiger partial charge in [-0.15, -0.1) is 10.2 Å². The number of carbonyl (C=O) groups is 1. The molecule has 3 heterocycles. The Hall–Kier alpha value is -3.36. The van der Waals surface area contributed by atoms with Crippen LogP contribution >= 0.6 is 11.3 Å². The molecular formula is C25H26N6OS. The first-order chi connectivity index (χ1) is 16.0. The van der Waals surface area contributed by atoms with Crippen LogP contribution in [0.15, 0.2) is 54.7 Å². The Morgan fingerprint density at radius 1 is 1.06 bits per heavy atom. The van der Waals surface area contributed by atoms with E-state index in [-0.39, 0.29) is 5.91 Å². The predicted octanol–water partition coefficient (Wildman–Crippen LogP) is 4.82. The Kier molecular flexibility index (Phi) is 6.02. The first-order valence-corrected chi connectivity index (χ1v) is 11.9. The molecule has 0 radical (unpaired) electrons. The maximum Gasteiger partial charge on any atom is 0.256 e. The minimum atomic E-state index is -0.176. The number of likely N-dealkylation sites (tertiary alicyclic amines) is 1. The van der Waals surface area contributed by atoms with E-state index in [9.17, 15) is 4.79 Å². The van der Waals surface area contributed by atoms with Crippen LogP contribution in [-0.2, 0) is 0 Å². The van der Waals surface area contributed by atoms with Crippen LogP contribution in [0, 0.1) is 6.92 Å². The van der Waals surface area contributed by atoms with Gasteiger partial charge in [-0.25, -0.2) is 4.98 Å². The Bertz CT molecular complexity index is 1300. The quantitative estimate of drug-likeness (QED) is 0.446. The summed E-state index contributed by atoms with van der Waals surface area (Å²) in [4.78, 5) is 19.7. The van der Waals surface area contributed by atoms with Crippen molar-refractivity contribution >= 4 is 39.5 Å². The summed E-state index contributed by atoms with van der Waals surface area (Å²) in [6.07, 6.45) is 3.98. The van der Waals surface area contributed by atoms with E-state index in [1.807, 2.05) is 49.4 Å².